The molecule has 1 aliphatic rings. The number of halogens is 2. The van der Waals surface area contributed by atoms with Crippen LogP contribution in [-0.4, -0.2) is 22.7 Å². The highest BCUT2D eigenvalue weighted by molar-refractivity contribution is 14.1. The van der Waals surface area contributed by atoms with Crippen LogP contribution in [0.2, 0.25) is 0 Å². The first-order valence-corrected chi connectivity index (χ1v) is 14.1. The number of hydrogen-bond donors (Lipinski definition) is 1. The summed E-state index contributed by atoms with van der Waals surface area (Å²) >= 11 is 5.63. The third-order valence-electron chi connectivity index (χ3n) is 5.19. The zero-order valence-corrected chi connectivity index (χ0v) is 24.7. The number of ether oxygens (including phenoxy) is 2. The number of carbonyl (C=O) groups excluding carboxylic acids is 1. The van der Waals surface area contributed by atoms with Gasteiger partial charge in [0.05, 0.1) is 36.0 Å². The molecule has 0 unspecified atom stereocenters. The first-order valence-electron chi connectivity index (χ1n) is 11.2. The topological polar surface area (TPSA) is 91.9 Å². The molecule has 1 aliphatic heterocycles. The first-order chi connectivity index (χ1) is 17.9. The highest BCUT2D eigenvalue weighted by atomic mass is 127. The molecule has 3 aromatic rings. The predicted molar refractivity (Wildman–Crippen MR) is 163 cm³/mol. The van der Waals surface area contributed by atoms with E-state index >= 15 is 0 Å². The summed E-state index contributed by atoms with van der Waals surface area (Å²) < 4.78 is 13.0. The lowest BCUT2D eigenvalue weighted by Gasteiger charge is -2.12. The van der Waals surface area contributed by atoms with E-state index in [9.17, 15) is 15.2 Å². The lowest BCUT2D eigenvalue weighted by Crippen LogP contribution is -2.12. The number of nitriles is 1. The summed E-state index contributed by atoms with van der Waals surface area (Å²) in [6, 6.07) is 22.7. The quantitative estimate of drug-likeness (QED) is 0.199. The van der Waals surface area contributed by atoms with Gasteiger partial charge in [0.1, 0.15) is 28.7 Å². The van der Waals surface area contributed by atoms with Crippen LogP contribution in [0.4, 0.5) is 5.69 Å². The Hall–Kier alpha value is -2.82. The first kappa shape index (κ1) is 27.2. The number of aliphatic imine (C=N–C) groups is 1. The summed E-state index contributed by atoms with van der Waals surface area (Å²) in [6.45, 7) is 2.18. The van der Waals surface area contributed by atoms with Gasteiger partial charge in [-0.1, -0.05) is 48.2 Å². The maximum atomic E-state index is 12.6. The molecule has 0 saturated heterocycles. The zero-order valence-electron chi connectivity index (χ0n) is 19.6. The van der Waals surface area contributed by atoms with Gasteiger partial charge < -0.3 is 14.6 Å². The van der Waals surface area contributed by atoms with Crippen molar-refractivity contribution < 1.29 is 19.4 Å². The second kappa shape index (κ2) is 12.6. The predicted octanol–water partition coefficient (Wildman–Crippen LogP) is 7.54. The summed E-state index contributed by atoms with van der Waals surface area (Å²) in [5.74, 6) is -0.0544. The molecule has 37 heavy (non-hydrogen) atoms. The Morgan fingerprint density at radius 1 is 1.11 bits per heavy atom. The number of rotatable bonds is 7. The molecule has 186 valence electrons. The van der Waals surface area contributed by atoms with Gasteiger partial charge in [0.2, 0.25) is 0 Å². The zero-order chi connectivity index (χ0) is 26.4. The van der Waals surface area contributed by atoms with Crippen LogP contribution in [0.15, 0.2) is 88.0 Å². The number of hydrogen-bond acceptors (Lipinski definition) is 7. The van der Waals surface area contributed by atoms with Gasteiger partial charge in [-0.15, -0.1) is 0 Å². The van der Waals surface area contributed by atoms with Crippen molar-refractivity contribution in [2.75, 3.05) is 6.61 Å². The fourth-order valence-corrected chi connectivity index (χ4v) is 6.63. The molecule has 0 atom stereocenters. The van der Waals surface area contributed by atoms with Gasteiger partial charge >= 0.3 is 5.97 Å². The fraction of sp³-hybridized carbons (Fsp3) is 0.107. The molecule has 0 fully saturated rings. The second-order valence-electron chi connectivity index (χ2n) is 7.68. The number of carbonyl (C=O) groups is 1. The molecule has 3 aromatic carbocycles. The van der Waals surface area contributed by atoms with Crippen LogP contribution in [0.25, 0.3) is 6.08 Å². The Kier molecular flexibility index (Phi) is 9.28. The highest BCUT2D eigenvalue weighted by Gasteiger charge is 2.33. The van der Waals surface area contributed by atoms with Crippen molar-refractivity contribution in [1.29, 1.82) is 5.26 Å². The Balaban J connectivity index is 1.63. The van der Waals surface area contributed by atoms with E-state index < -0.39 is 5.97 Å². The van der Waals surface area contributed by atoms with Gasteiger partial charge in [-0.3, -0.25) is 0 Å². The standard InChI is InChI=1S/C28H20I2N2O4S/c1-2-35-28(34)24-25(33)23(37-27(24)32-20-10-4-3-5-11-20)14-17-12-21(29)26(22(30)13-17)36-16-19-9-7-6-8-18(19)15-31/h3-14,33H,2,16H2,1H3/b23-14-,32-27?. The van der Waals surface area contributed by atoms with Crippen molar-refractivity contribution in [3.63, 3.8) is 0 Å². The van der Waals surface area contributed by atoms with E-state index in [-0.39, 0.29) is 24.5 Å². The molecule has 1 heterocycles. The van der Waals surface area contributed by atoms with E-state index in [1.807, 2.05) is 66.7 Å². The Morgan fingerprint density at radius 3 is 2.46 bits per heavy atom. The normalized spacial score (nSPS) is 15.2. The molecular formula is C28H20I2N2O4S. The van der Waals surface area contributed by atoms with Crippen LogP contribution in [0.5, 0.6) is 5.75 Å². The minimum absolute atomic E-state index is 0.0578. The maximum absolute atomic E-state index is 12.6. The van der Waals surface area contributed by atoms with Gasteiger partial charge in [0, 0.05) is 5.56 Å². The third kappa shape index (κ3) is 6.55. The van der Waals surface area contributed by atoms with Crippen molar-refractivity contribution in [2.24, 2.45) is 4.99 Å². The largest absolute Gasteiger partial charge is 0.506 e. The molecule has 0 aromatic heterocycles. The van der Waals surface area contributed by atoms with Crippen molar-refractivity contribution in [2.45, 2.75) is 13.5 Å². The van der Waals surface area contributed by atoms with Crippen LogP contribution in [-0.2, 0) is 16.1 Å². The molecule has 0 saturated carbocycles. The monoisotopic (exact) mass is 734 g/mol. The van der Waals surface area contributed by atoms with E-state index in [0.717, 1.165) is 18.3 Å². The molecule has 0 radical (unpaired) electrons. The minimum atomic E-state index is -0.615. The second-order valence-corrected chi connectivity index (χ2v) is 11.0. The van der Waals surface area contributed by atoms with E-state index in [1.165, 1.54) is 11.8 Å². The Morgan fingerprint density at radius 2 is 1.78 bits per heavy atom. The van der Waals surface area contributed by atoms with Gasteiger partial charge in [0.15, 0.2) is 0 Å². The fourth-order valence-electron chi connectivity index (χ4n) is 3.47. The molecule has 4 rings (SSSR count). The number of nitrogens with zero attached hydrogens (tertiary/aromatic N) is 2. The molecule has 0 bridgehead atoms. The van der Waals surface area contributed by atoms with E-state index in [0.29, 0.717) is 26.9 Å². The van der Waals surface area contributed by atoms with Crippen LogP contribution in [0, 0.1) is 18.5 Å². The molecule has 9 heteroatoms. The molecule has 0 aliphatic carbocycles. The smallest absolute Gasteiger partial charge is 0.344 e. The lowest BCUT2D eigenvalue weighted by molar-refractivity contribution is -0.138. The van der Waals surface area contributed by atoms with E-state index in [1.54, 1.807) is 13.0 Å². The Labute approximate surface area is 246 Å². The van der Waals surface area contributed by atoms with Crippen molar-refractivity contribution in [3.8, 4) is 11.8 Å². The summed E-state index contributed by atoms with van der Waals surface area (Å²) in [4.78, 5) is 17.7. The Bertz CT molecular complexity index is 1450. The van der Waals surface area contributed by atoms with Crippen LogP contribution in [0.3, 0.4) is 0 Å². The molecular weight excluding hydrogens is 714 g/mol. The van der Waals surface area contributed by atoms with Crippen molar-refractivity contribution in [1.82, 2.24) is 0 Å². The van der Waals surface area contributed by atoms with Crippen LogP contribution < -0.4 is 4.74 Å². The van der Waals surface area contributed by atoms with E-state index in [2.05, 4.69) is 56.2 Å². The van der Waals surface area contributed by atoms with Gasteiger partial charge in [0.25, 0.3) is 0 Å². The minimum Gasteiger partial charge on any atom is -0.506 e. The van der Waals surface area contributed by atoms with Gasteiger partial charge in [-0.05, 0) is 94.1 Å². The summed E-state index contributed by atoms with van der Waals surface area (Å²) in [7, 11) is 0. The number of aliphatic hydroxyl groups excluding tert-OH is 1. The number of esters is 1. The van der Waals surface area contributed by atoms with Gasteiger partial charge in [-0.25, -0.2) is 9.79 Å². The average molecular weight is 734 g/mol. The number of aliphatic hydroxyl groups is 1. The van der Waals surface area contributed by atoms with Crippen LogP contribution in [0.1, 0.15) is 23.6 Å². The SMILES string of the molecule is CCOC(=O)C1=C(O)/C(=C/c2cc(I)c(OCc3ccccc3C#N)c(I)c2)SC1=Nc1ccccc1. The summed E-state index contributed by atoms with van der Waals surface area (Å²) in [6.07, 6.45) is 1.81. The van der Waals surface area contributed by atoms with Gasteiger partial charge in [-0.2, -0.15) is 5.26 Å². The number of benzene rings is 3. The number of para-hydroxylation sites is 1. The summed E-state index contributed by atoms with van der Waals surface area (Å²) in [5.41, 5.74) is 2.96. The molecule has 0 spiro atoms. The summed E-state index contributed by atoms with van der Waals surface area (Å²) in [5, 5.41) is 20.7. The van der Waals surface area contributed by atoms with Crippen molar-refractivity contribution >= 4 is 79.7 Å². The lowest BCUT2D eigenvalue weighted by atomic mass is 10.1. The highest BCUT2D eigenvalue weighted by Crippen LogP contribution is 2.41. The maximum Gasteiger partial charge on any atom is 0.344 e. The van der Waals surface area contributed by atoms with E-state index in [4.69, 9.17) is 9.47 Å². The number of thioether (sulfide) groups is 1. The molecule has 0 amide bonds. The third-order valence-corrected chi connectivity index (χ3v) is 7.81. The van der Waals surface area contributed by atoms with Crippen molar-refractivity contribution in [3.05, 3.63) is 107 Å². The molecule has 6 nitrogen and oxygen atoms in total. The van der Waals surface area contributed by atoms with Crippen LogP contribution >= 0.6 is 56.9 Å². The average Bonchev–Trinajstić information content (AvgIpc) is 3.18. The molecule has 1 N–H and O–H groups in total.